The zero-order valence-corrected chi connectivity index (χ0v) is 19.1. The Balaban J connectivity index is 0.00000364. The van der Waals surface area contributed by atoms with Crippen LogP contribution in [-0.2, 0) is 6.54 Å². The van der Waals surface area contributed by atoms with Gasteiger partial charge in [-0.05, 0) is 38.0 Å². The van der Waals surface area contributed by atoms with Crippen molar-refractivity contribution in [3.05, 3.63) is 64.6 Å². The largest absolute Gasteiger partial charge is 0.356 e. The van der Waals surface area contributed by atoms with E-state index in [1.807, 2.05) is 41.5 Å². The Hall–Kier alpha value is -1.48. The van der Waals surface area contributed by atoms with Crippen molar-refractivity contribution in [2.45, 2.75) is 31.2 Å². The molecule has 2 N–H and O–H groups in total. The van der Waals surface area contributed by atoms with Gasteiger partial charge in [-0.1, -0.05) is 24.3 Å². The Morgan fingerprint density at radius 2 is 1.78 bits per heavy atom. The van der Waals surface area contributed by atoms with E-state index in [1.165, 1.54) is 4.90 Å². The Labute approximate surface area is 183 Å². The Morgan fingerprint density at radius 3 is 2.48 bits per heavy atom. The molecule has 5 nitrogen and oxygen atoms in total. The topological polar surface area (TPSA) is 58.4 Å². The molecule has 0 aliphatic carbocycles. The smallest absolute Gasteiger partial charge is 0.250 e. The minimum atomic E-state index is 0. The van der Waals surface area contributed by atoms with Crippen LogP contribution in [0.15, 0.2) is 63.2 Å². The number of nitrogens with zero attached hydrogens (tertiary/aromatic N) is 2. The molecular weight excluding hydrogens is 471 g/mol. The van der Waals surface area contributed by atoms with Crippen LogP contribution in [0.2, 0.25) is 0 Å². The molecule has 0 amide bonds. The summed E-state index contributed by atoms with van der Waals surface area (Å²) in [6, 6.07) is 15.8. The molecule has 0 radical (unpaired) electrons. The molecule has 148 valence electrons. The van der Waals surface area contributed by atoms with E-state index in [1.54, 1.807) is 13.1 Å². The highest BCUT2D eigenvalue weighted by atomic mass is 127. The summed E-state index contributed by atoms with van der Waals surface area (Å²) in [5, 5.41) is 6.66. The maximum Gasteiger partial charge on any atom is 0.250 e. The van der Waals surface area contributed by atoms with E-state index in [9.17, 15) is 4.79 Å². The van der Waals surface area contributed by atoms with Crippen molar-refractivity contribution < 1.29 is 0 Å². The summed E-state index contributed by atoms with van der Waals surface area (Å²) in [5.74, 6) is 1.81. The normalized spacial score (nSPS) is 11.0. The van der Waals surface area contributed by atoms with E-state index in [-0.39, 0.29) is 29.5 Å². The Kier molecular flexibility index (Phi) is 11.9. The molecule has 1 heterocycles. The number of unbranched alkanes of at least 4 members (excludes halogenated alkanes) is 1. The first kappa shape index (κ1) is 23.6. The number of pyridine rings is 1. The van der Waals surface area contributed by atoms with Crippen LogP contribution in [0.3, 0.4) is 0 Å². The second-order valence-electron chi connectivity index (χ2n) is 5.95. The zero-order chi connectivity index (χ0) is 18.6. The molecule has 0 bridgehead atoms. The lowest BCUT2D eigenvalue weighted by atomic mass is 10.3. The summed E-state index contributed by atoms with van der Waals surface area (Å²) in [5.41, 5.74) is 1.09. The number of halogens is 1. The number of hydrogen-bond donors (Lipinski definition) is 2. The fourth-order valence-corrected chi connectivity index (χ4v) is 3.38. The monoisotopic (exact) mass is 500 g/mol. The number of guanidine groups is 1. The maximum absolute atomic E-state index is 11.8. The van der Waals surface area contributed by atoms with E-state index in [2.05, 4.69) is 39.9 Å². The van der Waals surface area contributed by atoms with E-state index in [0.29, 0.717) is 0 Å². The van der Waals surface area contributed by atoms with Gasteiger partial charge < -0.3 is 15.2 Å². The summed E-state index contributed by atoms with van der Waals surface area (Å²) in [6.45, 7) is 4.43. The number of hydrogen-bond acceptors (Lipinski definition) is 3. The van der Waals surface area contributed by atoms with Crippen LogP contribution in [0.4, 0.5) is 0 Å². The van der Waals surface area contributed by atoms with Gasteiger partial charge in [-0.15, -0.1) is 35.7 Å². The third-order valence-electron chi connectivity index (χ3n) is 4.00. The number of rotatable bonds is 9. The molecule has 2 aromatic rings. The summed E-state index contributed by atoms with van der Waals surface area (Å²) in [7, 11) is 1.78. The van der Waals surface area contributed by atoms with Gasteiger partial charge in [0, 0.05) is 49.1 Å². The number of aryl methyl sites for hydroxylation is 1. The average Bonchev–Trinajstić information content (AvgIpc) is 2.66. The Morgan fingerprint density at radius 1 is 1.04 bits per heavy atom. The van der Waals surface area contributed by atoms with Crippen molar-refractivity contribution in [1.29, 1.82) is 0 Å². The number of aromatic nitrogens is 1. The molecule has 0 saturated carbocycles. The first-order valence-electron chi connectivity index (χ1n) is 8.99. The zero-order valence-electron chi connectivity index (χ0n) is 16.0. The van der Waals surface area contributed by atoms with Gasteiger partial charge in [0.05, 0.1) is 0 Å². The molecule has 1 aromatic heterocycles. The Bertz CT molecular complexity index is 749. The van der Waals surface area contributed by atoms with Crippen molar-refractivity contribution in [3.8, 4) is 0 Å². The van der Waals surface area contributed by atoms with E-state index in [0.717, 1.165) is 49.9 Å². The second kappa shape index (κ2) is 13.7. The quantitative estimate of drug-likeness (QED) is 0.182. The van der Waals surface area contributed by atoms with E-state index in [4.69, 9.17) is 0 Å². The number of benzene rings is 1. The lowest BCUT2D eigenvalue weighted by Gasteiger charge is -2.12. The van der Waals surface area contributed by atoms with Crippen molar-refractivity contribution in [2.75, 3.05) is 25.9 Å². The number of aliphatic imine (C=N–C) groups is 1. The highest BCUT2D eigenvalue weighted by molar-refractivity contribution is 14.0. The van der Waals surface area contributed by atoms with Gasteiger partial charge in [-0.25, -0.2) is 0 Å². The first-order valence-corrected chi connectivity index (χ1v) is 9.98. The van der Waals surface area contributed by atoms with Gasteiger partial charge in [0.15, 0.2) is 5.96 Å². The van der Waals surface area contributed by atoms with Crippen molar-refractivity contribution >= 4 is 41.7 Å². The van der Waals surface area contributed by atoms with Gasteiger partial charge in [-0.3, -0.25) is 9.79 Å². The highest BCUT2D eigenvalue weighted by Crippen LogP contribution is 2.15. The number of nitrogens with one attached hydrogen (secondary N) is 2. The highest BCUT2D eigenvalue weighted by Gasteiger charge is 2.00. The SMILES string of the molecule is CN=C(NCCCCn1c(C)cccc1=O)NCCSc1ccccc1.I. The second-order valence-corrected chi connectivity index (χ2v) is 7.12. The van der Waals surface area contributed by atoms with Gasteiger partial charge in [0.25, 0.3) is 5.56 Å². The molecule has 0 saturated heterocycles. The fraction of sp³-hybridized carbons (Fsp3) is 0.400. The van der Waals surface area contributed by atoms with Crippen LogP contribution in [0.25, 0.3) is 0 Å². The molecule has 0 spiro atoms. The van der Waals surface area contributed by atoms with Crippen LogP contribution in [-0.4, -0.2) is 36.4 Å². The fourth-order valence-electron chi connectivity index (χ4n) is 2.59. The molecule has 0 atom stereocenters. The van der Waals surface area contributed by atoms with Crippen LogP contribution in [0.1, 0.15) is 18.5 Å². The van der Waals surface area contributed by atoms with Gasteiger partial charge in [-0.2, -0.15) is 0 Å². The molecule has 0 fully saturated rings. The summed E-state index contributed by atoms with van der Waals surface area (Å²) >= 11 is 1.83. The third-order valence-corrected chi connectivity index (χ3v) is 5.01. The third kappa shape index (κ3) is 8.83. The lowest BCUT2D eigenvalue weighted by Crippen LogP contribution is -2.38. The molecule has 1 aromatic carbocycles. The standard InChI is InChI=1S/C20H28N4OS.HI/c1-17-9-8-12-19(25)24(17)15-7-6-13-22-20(21-2)23-14-16-26-18-10-4-3-5-11-18;/h3-5,8-12H,6-7,13-16H2,1-2H3,(H2,21,22,23);1H. The van der Waals surface area contributed by atoms with Crippen molar-refractivity contribution in [1.82, 2.24) is 15.2 Å². The molecule has 7 heteroatoms. The molecule has 2 rings (SSSR count). The van der Waals surface area contributed by atoms with E-state index < -0.39 is 0 Å². The van der Waals surface area contributed by atoms with Crippen molar-refractivity contribution in [2.24, 2.45) is 4.99 Å². The van der Waals surface area contributed by atoms with Crippen molar-refractivity contribution in [3.63, 3.8) is 0 Å². The summed E-state index contributed by atoms with van der Waals surface area (Å²) in [6.07, 6.45) is 1.94. The minimum absolute atomic E-state index is 0. The average molecular weight is 500 g/mol. The van der Waals surface area contributed by atoms with Gasteiger partial charge in [0.2, 0.25) is 0 Å². The minimum Gasteiger partial charge on any atom is -0.356 e. The maximum atomic E-state index is 11.8. The summed E-state index contributed by atoms with van der Waals surface area (Å²) in [4.78, 5) is 17.4. The van der Waals surface area contributed by atoms with E-state index >= 15 is 0 Å². The van der Waals surface area contributed by atoms with Crippen LogP contribution < -0.4 is 16.2 Å². The molecule has 0 unspecified atom stereocenters. The predicted molar refractivity (Wildman–Crippen MR) is 127 cm³/mol. The molecular formula is C20H29IN4OS. The first-order chi connectivity index (χ1) is 12.7. The lowest BCUT2D eigenvalue weighted by molar-refractivity contribution is 0.575. The van der Waals surface area contributed by atoms with Gasteiger partial charge >= 0.3 is 0 Å². The molecule has 0 aliphatic heterocycles. The number of thioether (sulfide) groups is 1. The van der Waals surface area contributed by atoms with Crippen LogP contribution >= 0.6 is 35.7 Å². The summed E-state index contributed by atoms with van der Waals surface area (Å²) < 4.78 is 1.83. The molecule has 0 aliphatic rings. The van der Waals surface area contributed by atoms with Crippen LogP contribution in [0, 0.1) is 6.92 Å². The van der Waals surface area contributed by atoms with Gasteiger partial charge in [0.1, 0.15) is 0 Å². The molecule has 27 heavy (non-hydrogen) atoms. The predicted octanol–water partition coefficient (Wildman–Crippen LogP) is 3.51. The van der Waals surface area contributed by atoms with Crippen LogP contribution in [0.5, 0.6) is 0 Å².